The van der Waals surface area contributed by atoms with Gasteiger partial charge in [-0.1, -0.05) is 12.5 Å². The maximum Gasteiger partial charge on any atom is 0.433 e. The van der Waals surface area contributed by atoms with Gasteiger partial charge in [0.1, 0.15) is 9.82 Å². The first kappa shape index (κ1) is 18.3. The van der Waals surface area contributed by atoms with Gasteiger partial charge in [-0.05, 0) is 43.5 Å². The van der Waals surface area contributed by atoms with E-state index in [1.165, 1.54) is 22.7 Å². The molecule has 2 aromatic rings. The van der Waals surface area contributed by atoms with Gasteiger partial charge in [-0.3, -0.25) is 15.1 Å². The van der Waals surface area contributed by atoms with E-state index in [1.807, 2.05) is 6.92 Å². The summed E-state index contributed by atoms with van der Waals surface area (Å²) in [5, 5.41) is 10.7. The zero-order valence-electron chi connectivity index (χ0n) is 14.3. The summed E-state index contributed by atoms with van der Waals surface area (Å²) in [5.74, 6) is -0.213. The summed E-state index contributed by atoms with van der Waals surface area (Å²) in [4.78, 5) is 14.4. The molecular weight excluding hydrogens is 358 g/mol. The lowest BCUT2D eigenvalue weighted by molar-refractivity contribution is -0.402. The van der Waals surface area contributed by atoms with Gasteiger partial charge in [-0.2, -0.15) is 4.31 Å². The molecule has 1 fully saturated rings. The first-order valence-corrected chi connectivity index (χ1v) is 9.71. The first-order valence-electron chi connectivity index (χ1n) is 8.27. The quantitative estimate of drug-likeness (QED) is 0.451. The molecule has 0 amide bonds. The molecule has 0 radical (unpaired) electrons. The van der Waals surface area contributed by atoms with E-state index in [0.717, 1.165) is 24.8 Å². The highest BCUT2D eigenvalue weighted by molar-refractivity contribution is 7.89. The number of furan rings is 1. The van der Waals surface area contributed by atoms with E-state index in [-0.39, 0.29) is 16.3 Å². The summed E-state index contributed by atoms with van der Waals surface area (Å²) in [5.41, 5.74) is 1.09. The van der Waals surface area contributed by atoms with Crippen LogP contribution in [-0.4, -0.2) is 37.0 Å². The van der Waals surface area contributed by atoms with Crippen molar-refractivity contribution in [2.75, 3.05) is 13.1 Å². The third kappa shape index (κ3) is 3.83. The number of piperidine rings is 1. The molecular formula is C17H19N3O5S. The number of hydrogen-bond donors (Lipinski definition) is 0. The molecule has 26 heavy (non-hydrogen) atoms. The van der Waals surface area contributed by atoms with Crippen molar-refractivity contribution in [3.05, 3.63) is 51.8 Å². The van der Waals surface area contributed by atoms with Crippen LogP contribution >= 0.6 is 0 Å². The Morgan fingerprint density at radius 2 is 1.92 bits per heavy atom. The average Bonchev–Trinajstić information content (AvgIpc) is 3.11. The van der Waals surface area contributed by atoms with Crippen molar-refractivity contribution < 1.29 is 17.8 Å². The molecule has 1 aromatic carbocycles. The predicted octanol–water partition coefficient (Wildman–Crippen LogP) is 3.42. The molecule has 2 heterocycles. The normalized spacial score (nSPS) is 16.2. The molecule has 0 N–H and O–H groups in total. The Bertz CT molecular complexity index is 943. The highest BCUT2D eigenvalue weighted by Crippen LogP contribution is 2.30. The van der Waals surface area contributed by atoms with Gasteiger partial charge in [0.25, 0.3) is 0 Å². The van der Waals surface area contributed by atoms with Gasteiger partial charge in [0.15, 0.2) is 5.76 Å². The Kier molecular flexibility index (Phi) is 5.19. The van der Waals surface area contributed by atoms with E-state index in [0.29, 0.717) is 13.1 Å². The number of benzene rings is 1. The van der Waals surface area contributed by atoms with Crippen molar-refractivity contribution in [3.63, 3.8) is 0 Å². The van der Waals surface area contributed by atoms with E-state index in [1.54, 1.807) is 18.2 Å². The molecule has 1 aliphatic heterocycles. The van der Waals surface area contributed by atoms with Gasteiger partial charge in [-0.15, -0.1) is 0 Å². The number of nitrogens with zero attached hydrogens (tertiary/aromatic N) is 3. The van der Waals surface area contributed by atoms with Crippen LogP contribution in [-0.2, 0) is 10.0 Å². The van der Waals surface area contributed by atoms with Crippen molar-refractivity contribution >= 4 is 27.8 Å². The molecule has 0 spiro atoms. The SMILES string of the molecule is Cc1ccc(N=Cc2ccc([N+](=O)[O-])o2)c(S(=O)(=O)N2CCCCC2)c1. The molecule has 8 nitrogen and oxygen atoms in total. The van der Waals surface area contributed by atoms with Crippen LogP contribution in [0.4, 0.5) is 11.6 Å². The van der Waals surface area contributed by atoms with E-state index >= 15 is 0 Å². The van der Waals surface area contributed by atoms with Crippen LogP contribution in [0.1, 0.15) is 30.6 Å². The zero-order chi connectivity index (χ0) is 18.7. The molecule has 0 atom stereocenters. The smallest absolute Gasteiger partial charge is 0.400 e. The Morgan fingerprint density at radius 3 is 2.58 bits per heavy atom. The topological polar surface area (TPSA) is 106 Å². The van der Waals surface area contributed by atoms with E-state index in [2.05, 4.69) is 4.99 Å². The summed E-state index contributed by atoms with van der Waals surface area (Å²) in [6.07, 6.45) is 4.01. The molecule has 138 valence electrons. The Morgan fingerprint density at radius 1 is 1.19 bits per heavy atom. The number of rotatable bonds is 5. The second-order valence-electron chi connectivity index (χ2n) is 6.13. The van der Waals surface area contributed by atoms with Crippen LogP contribution in [0.2, 0.25) is 0 Å². The van der Waals surface area contributed by atoms with Crippen LogP contribution in [0.25, 0.3) is 0 Å². The monoisotopic (exact) mass is 377 g/mol. The molecule has 1 aliphatic rings. The van der Waals surface area contributed by atoms with Crippen molar-refractivity contribution in [1.82, 2.24) is 4.31 Å². The third-order valence-corrected chi connectivity index (χ3v) is 6.10. The van der Waals surface area contributed by atoms with Gasteiger partial charge in [0, 0.05) is 13.1 Å². The van der Waals surface area contributed by atoms with Gasteiger partial charge < -0.3 is 4.42 Å². The van der Waals surface area contributed by atoms with E-state index in [9.17, 15) is 18.5 Å². The van der Waals surface area contributed by atoms with Crippen molar-refractivity contribution in [2.24, 2.45) is 4.99 Å². The highest BCUT2D eigenvalue weighted by Gasteiger charge is 2.28. The first-order chi connectivity index (χ1) is 12.4. The third-order valence-electron chi connectivity index (χ3n) is 4.17. The Balaban J connectivity index is 1.95. The number of nitro groups is 1. The van der Waals surface area contributed by atoms with Crippen LogP contribution in [0.15, 0.2) is 44.6 Å². The van der Waals surface area contributed by atoms with Crippen molar-refractivity contribution in [3.8, 4) is 0 Å². The molecule has 3 rings (SSSR count). The fraction of sp³-hybridized carbons (Fsp3) is 0.353. The van der Waals surface area contributed by atoms with Gasteiger partial charge in [-0.25, -0.2) is 8.42 Å². The minimum Gasteiger partial charge on any atom is -0.400 e. The lowest BCUT2D eigenvalue weighted by atomic mass is 10.2. The second-order valence-corrected chi connectivity index (χ2v) is 8.03. The van der Waals surface area contributed by atoms with Gasteiger partial charge in [0.2, 0.25) is 10.0 Å². The molecule has 1 saturated heterocycles. The number of hydrogen-bond acceptors (Lipinski definition) is 6. The van der Waals surface area contributed by atoms with Crippen molar-refractivity contribution in [2.45, 2.75) is 31.1 Å². The summed E-state index contributed by atoms with van der Waals surface area (Å²) in [6, 6.07) is 7.63. The number of sulfonamides is 1. The molecule has 0 saturated carbocycles. The average molecular weight is 377 g/mol. The van der Waals surface area contributed by atoms with Crippen LogP contribution in [0.5, 0.6) is 0 Å². The summed E-state index contributed by atoms with van der Waals surface area (Å²) in [7, 11) is -3.65. The van der Waals surface area contributed by atoms with E-state index < -0.39 is 20.8 Å². The molecule has 9 heteroatoms. The van der Waals surface area contributed by atoms with Gasteiger partial charge in [0.05, 0.1) is 18.0 Å². The molecule has 1 aromatic heterocycles. The lowest BCUT2D eigenvalue weighted by Crippen LogP contribution is -2.35. The van der Waals surface area contributed by atoms with Crippen LogP contribution < -0.4 is 0 Å². The zero-order valence-corrected chi connectivity index (χ0v) is 15.1. The number of aryl methyl sites for hydroxylation is 1. The Hall–Kier alpha value is -2.52. The summed E-state index contributed by atoms with van der Waals surface area (Å²) >= 11 is 0. The van der Waals surface area contributed by atoms with Crippen molar-refractivity contribution in [1.29, 1.82) is 0 Å². The molecule has 0 aliphatic carbocycles. The predicted molar refractivity (Wildman–Crippen MR) is 96.4 cm³/mol. The fourth-order valence-corrected chi connectivity index (χ4v) is 4.56. The largest absolute Gasteiger partial charge is 0.433 e. The second kappa shape index (κ2) is 7.38. The molecule has 0 bridgehead atoms. The van der Waals surface area contributed by atoms with E-state index in [4.69, 9.17) is 4.42 Å². The maximum absolute atomic E-state index is 13.0. The lowest BCUT2D eigenvalue weighted by Gasteiger charge is -2.26. The van der Waals surface area contributed by atoms with Crippen LogP contribution in [0, 0.1) is 17.0 Å². The summed E-state index contributed by atoms with van der Waals surface area (Å²) < 4.78 is 32.5. The maximum atomic E-state index is 13.0. The minimum absolute atomic E-state index is 0.136. The number of aliphatic imine (C=N–C) groups is 1. The highest BCUT2D eigenvalue weighted by atomic mass is 32.2. The van der Waals surface area contributed by atoms with Gasteiger partial charge >= 0.3 is 5.88 Å². The van der Waals surface area contributed by atoms with Crippen LogP contribution in [0.3, 0.4) is 0 Å². The summed E-state index contributed by atoms with van der Waals surface area (Å²) in [6.45, 7) is 2.83. The fourth-order valence-electron chi connectivity index (χ4n) is 2.82. The molecule has 0 unspecified atom stereocenters. The minimum atomic E-state index is -3.65. The standard InChI is InChI=1S/C17H19N3O5S/c1-13-5-7-15(18-12-14-6-8-17(25-14)20(21)22)16(11-13)26(23,24)19-9-3-2-4-10-19/h5-8,11-12H,2-4,9-10H2,1H3. The Labute approximate surface area is 151 Å².